The van der Waals surface area contributed by atoms with Crippen molar-refractivity contribution in [3.05, 3.63) is 88.7 Å². The predicted molar refractivity (Wildman–Crippen MR) is 232 cm³/mol. The van der Waals surface area contributed by atoms with Crippen molar-refractivity contribution in [2.45, 2.75) is 24.6 Å². The molecule has 332 valence electrons. The molecule has 17 nitrogen and oxygen atoms in total. The summed E-state index contributed by atoms with van der Waals surface area (Å²) >= 11 is 13.5. The van der Waals surface area contributed by atoms with Gasteiger partial charge in [-0.2, -0.15) is 0 Å². The molecule has 0 aliphatic carbocycles. The maximum atomic E-state index is 14.1. The zero-order valence-electron chi connectivity index (χ0n) is 34.1. The molecule has 0 N–H and O–H groups in total. The van der Waals surface area contributed by atoms with E-state index in [-0.39, 0.29) is 51.0 Å². The van der Waals surface area contributed by atoms with Crippen LogP contribution < -0.4 is 37.9 Å². The van der Waals surface area contributed by atoms with Gasteiger partial charge in [0.15, 0.2) is 52.1 Å². The summed E-state index contributed by atoms with van der Waals surface area (Å²) in [7, 11) is 11.2. The van der Waals surface area contributed by atoms with Crippen molar-refractivity contribution in [1.82, 2.24) is 0 Å². The van der Waals surface area contributed by atoms with Crippen LogP contribution >= 0.6 is 63.7 Å². The average molecular weight is 1120 g/mol. The first-order chi connectivity index (χ1) is 29.7. The van der Waals surface area contributed by atoms with Gasteiger partial charge in [-0.15, -0.1) is 0 Å². The van der Waals surface area contributed by atoms with Crippen LogP contribution in [0.5, 0.6) is 46.0 Å². The summed E-state index contributed by atoms with van der Waals surface area (Å²) in [6, 6.07) is 11.1. The molecule has 1 unspecified atom stereocenters. The zero-order valence-corrected chi connectivity index (χ0v) is 40.4. The molecule has 21 heteroatoms. The fourth-order valence-corrected chi connectivity index (χ4v) is 8.54. The highest BCUT2D eigenvalue weighted by atomic mass is 79.9. The van der Waals surface area contributed by atoms with E-state index in [0.29, 0.717) is 35.1 Å². The molecular formula is C41H38Br4O17. The Morgan fingerprint density at radius 3 is 1.06 bits per heavy atom. The lowest BCUT2D eigenvalue weighted by Gasteiger charge is -2.24. The molecule has 0 amide bonds. The van der Waals surface area contributed by atoms with E-state index in [1.165, 1.54) is 105 Å². The average Bonchev–Trinajstić information content (AvgIpc) is 3.57. The minimum Gasteiger partial charge on any atom is -0.493 e. The number of carbonyl (C=O) groups is 4. The fraction of sp³-hybridized carbons (Fsp3) is 0.317. The monoisotopic (exact) mass is 1120 g/mol. The van der Waals surface area contributed by atoms with Crippen LogP contribution in [-0.4, -0.2) is 112 Å². The minimum absolute atomic E-state index is 0.0371. The smallest absolute Gasteiger partial charge is 0.340 e. The Morgan fingerprint density at radius 2 is 0.742 bits per heavy atom. The fourth-order valence-electron chi connectivity index (χ4n) is 6.13. The van der Waals surface area contributed by atoms with Gasteiger partial charge in [0, 0.05) is 0 Å². The molecule has 1 saturated heterocycles. The van der Waals surface area contributed by atoms with Gasteiger partial charge in [0.1, 0.15) is 12.7 Å². The van der Waals surface area contributed by atoms with Gasteiger partial charge in [-0.1, -0.05) is 0 Å². The summed E-state index contributed by atoms with van der Waals surface area (Å²) in [4.78, 5) is 55.6. The quantitative estimate of drug-likeness (QED) is 0.0730. The lowest BCUT2D eigenvalue weighted by molar-refractivity contribution is -0.141. The van der Waals surface area contributed by atoms with Crippen LogP contribution in [-0.2, 0) is 23.7 Å². The number of hydrogen-bond acceptors (Lipinski definition) is 17. The van der Waals surface area contributed by atoms with Gasteiger partial charge in [0.25, 0.3) is 0 Å². The molecule has 0 aromatic heterocycles. The van der Waals surface area contributed by atoms with Crippen LogP contribution in [0.4, 0.5) is 0 Å². The molecule has 62 heavy (non-hydrogen) atoms. The Bertz CT molecular complexity index is 2340. The highest BCUT2D eigenvalue weighted by Crippen LogP contribution is 2.41. The van der Waals surface area contributed by atoms with Gasteiger partial charge in [0.2, 0.25) is 12.4 Å². The number of ether oxygens (including phenoxy) is 13. The van der Waals surface area contributed by atoms with E-state index in [2.05, 4.69) is 63.7 Å². The number of hydrogen-bond donors (Lipinski definition) is 0. The first-order valence-electron chi connectivity index (χ1n) is 17.8. The van der Waals surface area contributed by atoms with Crippen LogP contribution in [0.2, 0.25) is 0 Å². The number of methoxy groups -OCH3 is 8. The lowest BCUT2D eigenvalue weighted by Crippen LogP contribution is -2.43. The van der Waals surface area contributed by atoms with Crippen molar-refractivity contribution in [3.63, 3.8) is 0 Å². The lowest BCUT2D eigenvalue weighted by atomic mass is 10.1. The molecule has 0 spiro atoms. The Hall–Kier alpha value is -4.96. The number of halogens is 4. The van der Waals surface area contributed by atoms with Crippen molar-refractivity contribution < 1.29 is 80.8 Å². The van der Waals surface area contributed by atoms with Crippen LogP contribution in [0.15, 0.2) is 66.4 Å². The van der Waals surface area contributed by atoms with E-state index >= 15 is 0 Å². The third-order valence-electron chi connectivity index (χ3n) is 9.03. The predicted octanol–water partition coefficient (Wildman–Crippen LogP) is 8.00. The first-order valence-corrected chi connectivity index (χ1v) is 21.0. The third kappa shape index (κ3) is 10.4. The van der Waals surface area contributed by atoms with Crippen molar-refractivity contribution >= 4 is 87.6 Å². The van der Waals surface area contributed by atoms with Crippen molar-refractivity contribution in [3.8, 4) is 46.0 Å². The van der Waals surface area contributed by atoms with Gasteiger partial charge in [-0.05, 0) is 112 Å². The van der Waals surface area contributed by atoms with Crippen molar-refractivity contribution in [1.29, 1.82) is 0 Å². The third-order valence-corrected chi connectivity index (χ3v) is 11.4. The standard InChI is InChI=1S/C41H38Br4O17/c1-50-26-13-18(9-22(42)31(26)54-5)37(46)58-17-30-35(60-38(47)19-10-23(43)32(55-6)27(14-19)51-2)36(61-39(48)20-11-24(44)33(56-7)28(15-20)52-3)41(59-30)62-40(49)21-12-25(45)34(57-8)29(16-21)53-4/h9-16,30,35-36,41H,17H2,1-8H3/t30-,35-,36-,41?/m1/s1. The Balaban J connectivity index is 1.58. The normalized spacial score (nSPS) is 16.6. The van der Waals surface area contributed by atoms with E-state index < -0.39 is 55.1 Å². The van der Waals surface area contributed by atoms with Gasteiger partial charge < -0.3 is 61.6 Å². The summed E-state index contributed by atoms with van der Waals surface area (Å²) in [6.07, 6.45) is -6.52. The van der Waals surface area contributed by atoms with Gasteiger partial charge in [0.05, 0.1) is 97.0 Å². The van der Waals surface area contributed by atoms with Crippen molar-refractivity contribution in [2.75, 3.05) is 63.5 Å². The molecule has 0 radical (unpaired) electrons. The van der Waals surface area contributed by atoms with Crippen molar-refractivity contribution in [2.24, 2.45) is 0 Å². The Kier molecular flexibility index (Phi) is 16.6. The molecule has 1 aliphatic rings. The minimum atomic E-state index is -1.78. The second-order valence-electron chi connectivity index (χ2n) is 12.6. The molecule has 4 atom stereocenters. The molecule has 5 rings (SSSR count). The largest absolute Gasteiger partial charge is 0.493 e. The molecule has 4 aromatic rings. The summed E-state index contributed by atoms with van der Waals surface area (Å²) in [5.74, 6) is -1.82. The van der Waals surface area contributed by atoms with E-state index in [4.69, 9.17) is 61.6 Å². The Labute approximate surface area is 388 Å². The molecule has 4 aromatic carbocycles. The second-order valence-corrected chi connectivity index (χ2v) is 16.0. The number of rotatable bonds is 17. The number of esters is 4. The summed E-state index contributed by atoms with van der Waals surface area (Å²) in [6.45, 7) is -0.621. The van der Waals surface area contributed by atoms with Crippen LogP contribution in [0, 0.1) is 0 Å². The molecule has 1 aliphatic heterocycles. The van der Waals surface area contributed by atoms with Gasteiger partial charge >= 0.3 is 23.9 Å². The van der Waals surface area contributed by atoms with Gasteiger partial charge in [-0.3, -0.25) is 0 Å². The zero-order chi connectivity index (χ0) is 45.4. The van der Waals surface area contributed by atoms with E-state index in [0.717, 1.165) is 0 Å². The van der Waals surface area contributed by atoms with Gasteiger partial charge in [-0.25, -0.2) is 19.2 Å². The van der Waals surface area contributed by atoms with Crippen LogP contribution in [0.3, 0.4) is 0 Å². The van der Waals surface area contributed by atoms with E-state index in [1.54, 1.807) is 0 Å². The molecule has 0 saturated carbocycles. The Morgan fingerprint density at radius 1 is 0.435 bits per heavy atom. The summed E-state index contributed by atoms with van der Waals surface area (Å²) in [5, 5.41) is 0. The SMILES string of the molecule is COc1cc(C(=O)OC[C@H]2OC(OC(=O)c3cc(Br)c(OC)c(OC)c3)[C@H](OC(=O)c3cc(Br)c(OC)c(OC)c3)[C@@H]2OC(=O)c2cc(Br)c(OC)c(OC)c2)cc(Br)c1OC. The summed E-state index contributed by atoms with van der Waals surface area (Å²) in [5.41, 5.74) is -0.0823. The van der Waals surface area contributed by atoms with E-state index in [1.807, 2.05) is 0 Å². The second kappa shape index (κ2) is 21.4. The van der Waals surface area contributed by atoms with E-state index in [9.17, 15) is 19.2 Å². The topological polar surface area (TPSA) is 188 Å². The maximum Gasteiger partial charge on any atom is 0.340 e. The highest BCUT2D eigenvalue weighted by Gasteiger charge is 2.53. The molecular weight excluding hydrogens is 1080 g/mol. The summed E-state index contributed by atoms with van der Waals surface area (Å²) < 4.78 is 74.3. The van der Waals surface area contributed by atoms with Crippen LogP contribution in [0.25, 0.3) is 0 Å². The highest BCUT2D eigenvalue weighted by molar-refractivity contribution is 9.11. The number of benzene rings is 4. The number of carbonyl (C=O) groups excluding carboxylic acids is 4. The van der Waals surface area contributed by atoms with Crippen LogP contribution in [0.1, 0.15) is 41.4 Å². The maximum absolute atomic E-state index is 14.1. The molecule has 1 heterocycles. The first kappa shape index (κ1) is 48.1. The molecule has 0 bridgehead atoms. The molecule has 1 fully saturated rings.